The molecule has 0 aliphatic rings. The van der Waals surface area contributed by atoms with E-state index >= 15 is 0 Å². The molecular weight excluding hydrogens is 365 g/mol. The van der Waals surface area contributed by atoms with Gasteiger partial charge in [0.1, 0.15) is 5.75 Å². The summed E-state index contributed by atoms with van der Waals surface area (Å²) in [7, 11) is 1.49. The fourth-order valence-corrected chi connectivity index (χ4v) is 2.53. The standard InChI is InChI=1S/C14H10BrCl2NO2/c1-20-13-5-3-9(16)7-10(13)14(19)18-12-4-2-8(15)6-11(12)17/h2-7H,1H3,(H,18,19). The smallest absolute Gasteiger partial charge is 0.259 e. The van der Waals surface area contributed by atoms with E-state index in [1.807, 2.05) is 0 Å². The maximum atomic E-state index is 12.3. The Bertz CT molecular complexity index is 662. The highest BCUT2D eigenvalue weighted by Crippen LogP contribution is 2.28. The zero-order valence-corrected chi connectivity index (χ0v) is 13.5. The molecule has 0 heterocycles. The Morgan fingerprint density at radius 2 is 1.95 bits per heavy atom. The molecule has 1 amide bonds. The average Bonchev–Trinajstić information content (AvgIpc) is 2.41. The predicted molar refractivity (Wildman–Crippen MR) is 85.1 cm³/mol. The lowest BCUT2D eigenvalue weighted by Gasteiger charge is -2.11. The summed E-state index contributed by atoms with van der Waals surface area (Å²) >= 11 is 15.3. The molecule has 0 fully saturated rings. The van der Waals surface area contributed by atoms with Gasteiger partial charge in [-0.3, -0.25) is 4.79 Å². The first-order valence-corrected chi connectivity index (χ1v) is 7.16. The number of rotatable bonds is 3. The summed E-state index contributed by atoms with van der Waals surface area (Å²) in [6.07, 6.45) is 0. The number of methoxy groups -OCH3 is 1. The predicted octanol–water partition coefficient (Wildman–Crippen LogP) is 5.02. The minimum absolute atomic E-state index is 0.339. The maximum Gasteiger partial charge on any atom is 0.259 e. The van der Waals surface area contributed by atoms with Crippen molar-refractivity contribution < 1.29 is 9.53 Å². The zero-order valence-electron chi connectivity index (χ0n) is 10.4. The van der Waals surface area contributed by atoms with Gasteiger partial charge in [-0.25, -0.2) is 0 Å². The van der Waals surface area contributed by atoms with Crippen molar-refractivity contribution in [3.8, 4) is 5.75 Å². The molecule has 6 heteroatoms. The number of carbonyl (C=O) groups excluding carboxylic acids is 1. The van der Waals surface area contributed by atoms with Gasteiger partial charge in [-0.05, 0) is 36.4 Å². The van der Waals surface area contributed by atoms with E-state index in [2.05, 4.69) is 21.2 Å². The van der Waals surface area contributed by atoms with Gasteiger partial charge in [0.15, 0.2) is 0 Å². The fraction of sp³-hybridized carbons (Fsp3) is 0.0714. The van der Waals surface area contributed by atoms with Gasteiger partial charge in [0.2, 0.25) is 0 Å². The molecule has 0 saturated carbocycles. The third-order valence-corrected chi connectivity index (χ3v) is 3.63. The SMILES string of the molecule is COc1ccc(Cl)cc1C(=O)Nc1ccc(Br)cc1Cl. The van der Waals surface area contributed by atoms with Crippen LogP contribution in [0, 0.1) is 0 Å². The van der Waals surface area contributed by atoms with Crippen molar-refractivity contribution >= 4 is 50.7 Å². The van der Waals surface area contributed by atoms with Crippen molar-refractivity contribution in [2.45, 2.75) is 0 Å². The van der Waals surface area contributed by atoms with Crippen LogP contribution in [0.3, 0.4) is 0 Å². The molecular formula is C14H10BrCl2NO2. The van der Waals surface area contributed by atoms with Crippen LogP contribution >= 0.6 is 39.1 Å². The molecule has 0 spiro atoms. The molecule has 0 saturated heterocycles. The Morgan fingerprint density at radius 1 is 1.20 bits per heavy atom. The zero-order chi connectivity index (χ0) is 14.7. The number of hydrogen-bond donors (Lipinski definition) is 1. The van der Waals surface area contributed by atoms with Gasteiger partial charge in [0.05, 0.1) is 23.4 Å². The Hall–Kier alpha value is -1.23. The van der Waals surface area contributed by atoms with Gasteiger partial charge in [0, 0.05) is 9.50 Å². The Balaban J connectivity index is 2.30. The second kappa shape index (κ2) is 6.48. The number of nitrogens with one attached hydrogen (secondary N) is 1. The van der Waals surface area contributed by atoms with Gasteiger partial charge >= 0.3 is 0 Å². The van der Waals surface area contributed by atoms with E-state index in [4.69, 9.17) is 27.9 Å². The van der Waals surface area contributed by atoms with E-state index in [1.165, 1.54) is 7.11 Å². The van der Waals surface area contributed by atoms with E-state index in [9.17, 15) is 4.79 Å². The highest BCUT2D eigenvalue weighted by atomic mass is 79.9. The summed E-state index contributed by atoms with van der Waals surface area (Å²) in [5.41, 5.74) is 0.862. The number of carbonyl (C=O) groups is 1. The molecule has 0 atom stereocenters. The van der Waals surface area contributed by atoms with Gasteiger partial charge in [0.25, 0.3) is 5.91 Å². The molecule has 0 aliphatic heterocycles. The van der Waals surface area contributed by atoms with Crippen LogP contribution in [0.15, 0.2) is 40.9 Å². The molecule has 20 heavy (non-hydrogen) atoms. The largest absolute Gasteiger partial charge is 0.496 e. The molecule has 2 rings (SSSR count). The lowest BCUT2D eigenvalue weighted by Crippen LogP contribution is -2.13. The lowest BCUT2D eigenvalue weighted by molar-refractivity contribution is 0.102. The highest BCUT2D eigenvalue weighted by Gasteiger charge is 2.14. The molecule has 0 radical (unpaired) electrons. The van der Waals surface area contributed by atoms with E-state index < -0.39 is 0 Å². The fourth-order valence-electron chi connectivity index (χ4n) is 1.64. The molecule has 2 aromatic carbocycles. The van der Waals surface area contributed by atoms with Crippen molar-refractivity contribution in [3.05, 3.63) is 56.5 Å². The molecule has 1 N–H and O–H groups in total. The molecule has 0 aromatic heterocycles. The Morgan fingerprint density at radius 3 is 2.60 bits per heavy atom. The maximum absolute atomic E-state index is 12.3. The van der Waals surface area contributed by atoms with Crippen LogP contribution in [0.4, 0.5) is 5.69 Å². The van der Waals surface area contributed by atoms with E-state index in [0.717, 1.165) is 4.47 Å². The monoisotopic (exact) mass is 373 g/mol. The topological polar surface area (TPSA) is 38.3 Å². The number of hydrogen-bond acceptors (Lipinski definition) is 2. The molecule has 0 unspecified atom stereocenters. The summed E-state index contributed by atoms with van der Waals surface area (Å²) in [4.78, 5) is 12.3. The van der Waals surface area contributed by atoms with Gasteiger partial charge in [-0.2, -0.15) is 0 Å². The van der Waals surface area contributed by atoms with Crippen LogP contribution in [0.25, 0.3) is 0 Å². The quantitative estimate of drug-likeness (QED) is 0.819. The molecule has 2 aromatic rings. The van der Waals surface area contributed by atoms with Crippen molar-refractivity contribution in [2.24, 2.45) is 0 Å². The first kappa shape index (κ1) is 15.2. The average molecular weight is 375 g/mol. The van der Waals surface area contributed by atoms with E-state index in [1.54, 1.807) is 36.4 Å². The molecule has 104 valence electrons. The van der Waals surface area contributed by atoms with Gasteiger partial charge in [-0.15, -0.1) is 0 Å². The molecule has 3 nitrogen and oxygen atoms in total. The molecule has 0 aliphatic carbocycles. The number of anilines is 1. The number of amides is 1. The van der Waals surface area contributed by atoms with Crippen LogP contribution < -0.4 is 10.1 Å². The van der Waals surface area contributed by atoms with Crippen LogP contribution in [0.1, 0.15) is 10.4 Å². The summed E-state index contributed by atoms with van der Waals surface area (Å²) < 4.78 is 5.98. The Labute approximate surface area is 135 Å². The third kappa shape index (κ3) is 3.45. The number of benzene rings is 2. The van der Waals surface area contributed by atoms with Crippen LogP contribution in [-0.2, 0) is 0 Å². The normalized spacial score (nSPS) is 10.2. The Kier molecular flexibility index (Phi) is 4.91. The third-order valence-electron chi connectivity index (χ3n) is 2.59. The van der Waals surface area contributed by atoms with Crippen molar-refractivity contribution in [2.75, 3.05) is 12.4 Å². The van der Waals surface area contributed by atoms with E-state index in [0.29, 0.717) is 27.0 Å². The lowest BCUT2D eigenvalue weighted by atomic mass is 10.2. The van der Waals surface area contributed by atoms with Gasteiger partial charge < -0.3 is 10.1 Å². The number of ether oxygens (including phenoxy) is 1. The molecule has 0 bridgehead atoms. The second-order valence-electron chi connectivity index (χ2n) is 3.92. The summed E-state index contributed by atoms with van der Waals surface area (Å²) in [6, 6.07) is 10.0. The highest BCUT2D eigenvalue weighted by molar-refractivity contribution is 9.10. The minimum Gasteiger partial charge on any atom is -0.496 e. The summed E-state index contributed by atoms with van der Waals surface area (Å²) in [5.74, 6) is 0.105. The summed E-state index contributed by atoms with van der Waals surface area (Å²) in [6.45, 7) is 0. The summed E-state index contributed by atoms with van der Waals surface area (Å²) in [5, 5.41) is 3.62. The minimum atomic E-state index is -0.339. The van der Waals surface area contributed by atoms with Crippen molar-refractivity contribution in [1.29, 1.82) is 0 Å². The first-order chi connectivity index (χ1) is 9.51. The van der Waals surface area contributed by atoms with Crippen molar-refractivity contribution in [1.82, 2.24) is 0 Å². The number of halogens is 3. The van der Waals surface area contributed by atoms with Crippen LogP contribution in [0.2, 0.25) is 10.0 Å². The van der Waals surface area contributed by atoms with Crippen LogP contribution in [0.5, 0.6) is 5.75 Å². The van der Waals surface area contributed by atoms with E-state index in [-0.39, 0.29) is 5.91 Å². The van der Waals surface area contributed by atoms with Crippen LogP contribution in [-0.4, -0.2) is 13.0 Å². The first-order valence-electron chi connectivity index (χ1n) is 5.61. The second-order valence-corrected chi connectivity index (χ2v) is 5.68. The van der Waals surface area contributed by atoms with Crippen molar-refractivity contribution in [3.63, 3.8) is 0 Å². The van der Waals surface area contributed by atoms with Gasteiger partial charge in [-0.1, -0.05) is 39.1 Å².